The highest BCUT2D eigenvalue weighted by Gasteiger charge is 2.51. The lowest BCUT2D eigenvalue weighted by molar-refractivity contribution is 0.378. The van der Waals surface area contributed by atoms with Crippen molar-refractivity contribution in [2.45, 2.75) is 11.3 Å². The SMILES string of the molecule is CN1C(=S)NS(=O)(=O)[C@H]2CS(=O)(=O)C[C@@H]21. The quantitative estimate of drug-likeness (QED) is 0.528. The minimum absolute atomic E-state index is 0.0633. The molecule has 2 atom stereocenters. The van der Waals surface area contributed by atoms with E-state index in [-0.39, 0.29) is 16.6 Å². The second-order valence-corrected chi connectivity index (χ2v) is 8.19. The predicted molar refractivity (Wildman–Crippen MR) is 58.6 cm³/mol. The summed E-state index contributed by atoms with van der Waals surface area (Å²) in [6.07, 6.45) is 0. The van der Waals surface area contributed by atoms with Gasteiger partial charge in [0.15, 0.2) is 14.9 Å². The molecule has 1 N–H and O–H groups in total. The van der Waals surface area contributed by atoms with Crippen molar-refractivity contribution in [2.75, 3.05) is 18.6 Å². The zero-order valence-corrected chi connectivity index (χ0v) is 10.3. The number of sulfone groups is 1. The Morgan fingerprint density at radius 1 is 1.33 bits per heavy atom. The third-order valence-corrected chi connectivity index (χ3v) is 6.92. The van der Waals surface area contributed by atoms with Gasteiger partial charge in [-0.3, -0.25) is 4.72 Å². The van der Waals surface area contributed by atoms with E-state index in [1.807, 2.05) is 0 Å². The first kappa shape index (κ1) is 11.1. The van der Waals surface area contributed by atoms with Gasteiger partial charge in [-0.2, -0.15) is 0 Å². The van der Waals surface area contributed by atoms with Crippen LogP contribution < -0.4 is 4.72 Å². The van der Waals surface area contributed by atoms with Gasteiger partial charge in [0.05, 0.1) is 17.5 Å². The maximum atomic E-state index is 11.6. The van der Waals surface area contributed by atoms with Crippen LogP contribution in [-0.4, -0.2) is 56.7 Å². The van der Waals surface area contributed by atoms with E-state index in [4.69, 9.17) is 12.2 Å². The van der Waals surface area contributed by atoms with Gasteiger partial charge in [-0.15, -0.1) is 0 Å². The van der Waals surface area contributed by atoms with Crippen molar-refractivity contribution in [3.8, 4) is 0 Å². The molecule has 2 fully saturated rings. The minimum atomic E-state index is -3.63. The molecule has 86 valence electrons. The summed E-state index contributed by atoms with van der Waals surface area (Å²) in [7, 11) is -5.30. The van der Waals surface area contributed by atoms with Crippen LogP contribution in [0.15, 0.2) is 0 Å². The zero-order chi connectivity index (χ0) is 11.4. The lowest BCUT2D eigenvalue weighted by Crippen LogP contribution is -2.60. The standard InChI is InChI=1S/C6H10N2O4S3/c1-8-4-2-14(9,10)3-5(4)15(11,12)7-6(8)13/h4-5H,2-3H2,1H3,(H,7,13)/t4-,5-/m0/s1. The maximum absolute atomic E-state index is 11.6. The Hall–Kier alpha value is -0.410. The molecule has 0 radical (unpaired) electrons. The number of rotatable bonds is 0. The minimum Gasteiger partial charge on any atom is -0.346 e. The largest absolute Gasteiger partial charge is 0.346 e. The van der Waals surface area contributed by atoms with Crippen LogP contribution in [0.4, 0.5) is 0 Å². The molecule has 0 amide bonds. The van der Waals surface area contributed by atoms with Crippen LogP contribution in [0.2, 0.25) is 0 Å². The summed E-state index contributed by atoms with van der Waals surface area (Å²) in [5.74, 6) is -0.463. The molecule has 0 aromatic carbocycles. The fraction of sp³-hybridized carbons (Fsp3) is 0.833. The van der Waals surface area contributed by atoms with Crippen molar-refractivity contribution >= 4 is 37.2 Å². The molecule has 0 aromatic heterocycles. The monoisotopic (exact) mass is 270 g/mol. The molecule has 9 heteroatoms. The van der Waals surface area contributed by atoms with E-state index in [9.17, 15) is 16.8 Å². The highest BCUT2D eigenvalue weighted by Crippen LogP contribution is 2.26. The zero-order valence-electron chi connectivity index (χ0n) is 7.87. The normalized spacial score (nSPS) is 37.1. The van der Waals surface area contributed by atoms with E-state index < -0.39 is 31.2 Å². The van der Waals surface area contributed by atoms with Crippen molar-refractivity contribution < 1.29 is 16.8 Å². The lowest BCUT2D eigenvalue weighted by atomic mass is 10.2. The smallest absolute Gasteiger partial charge is 0.240 e. The molecule has 2 saturated heterocycles. The predicted octanol–water partition coefficient (Wildman–Crippen LogP) is -1.70. The Morgan fingerprint density at radius 2 is 1.93 bits per heavy atom. The summed E-state index contributed by atoms with van der Waals surface area (Å²) in [6.45, 7) is 0. The van der Waals surface area contributed by atoms with Gasteiger partial charge in [0.1, 0.15) is 5.25 Å². The first-order chi connectivity index (χ1) is 6.73. The Morgan fingerprint density at radius 3 is 2.53 bits per heavy atom. The number of hydrogen-bond acceptors (Lipinski definition) is 5. The molecule has 0 aliphatic carbocycles. The van der Waals surface area contributed by atoms with Gasteiger partial charge in [0.2, 0.25) is 10.0 Å². The van der Waals surface area contributed by atoms with E-state index in [2.05, 4.69) is 4.72 Å². The fourth-order valence-electron chi connectivity index (χ4n) is 1.87. The Kier molecular flexibility index (Phi) is 2.25. The Labute approximate surface area is 93.6 Å². The summed E-state index contributed by atoms with van der Waals surface area (Å²) in [4.78, 5) is 1.51. The number of sulfonamides is 1. The van der Waals surface area contributed by atoms with E-state index in [1.54, 1.807) is 7.05 Å². The molecule has 0 saturated carbocycles. The Balaban J connectivity index is 2.48. The number of nitrogens with one attached hydrogen (secondary N) is 1. The van der Waals surface area contributed by atoms with Gasteiger partial charge >= 0.3 is 0 Å². The van der Waals surface area contributed by atoms with Crippen LogP contribution in [0.25, 0.3) is 0 Å². The van der Waals surface area contributed by atoms with E-state index >= 15 is 0 Å². The topological polar surface area (TPSA) is 83.6 Å². The van der Waals surface area contributed by atoms with Crippen LogP contribution in [0.3, 0.4) is 0 Å². The van der Waals surface area contributed by atoms with Crippen LogP contribution >= 0.6 is 12.2 Å². The second-order valence-electron chi connectivity index (χ2n) is 3.75. The first-order valence-corrected chi connectivity index (χ1v) is 7.99. The molecular weight excluding hydrogens is 260 g/mol. The lowest BCUT2D eigenvalue weighted by Gasteiger charge is -2.35. The summed E-state index contributed by atoms with van der Waals surface area (Å²) in [5.41, 5.74) is 0. The van der Waals surface area contributed by atoms with E-state index in [1.165, 1.54) is 4.90 Å². The molecule has 15 heavy (non-hydrogen) atoms. The molecule has 2 aliphatic heterocycles. The summed E-state index contributed by atoms with van der Waals surface area (Å²) >= 11 is 4.82. The molecule has 0 bridgehead atoms. The van der Waals surface area contributed by atoms with E-state index in [0.717, 1.165) is 0 Å². The van der Waals surface area contributed by atoms with Gasteiger partial charge in [-0.05, 0) is 12.2 Å². The molecule has 2 rings (SSSR count). The third-order valence-electron chi connectivity index (χ3n) is 2.72. The molecule has 2 heterocycles. The van der Waals surface area contributed by atoms with Crippen LogP contribution in [0.1, 0.15) is 0 Å². The molecule has 0 spiro atoms. The molecular formula is C6H10N2O4S3. The average Bonchev–Trinajstić information content (AvgIpc) is 2.38. The highest BCUT2D eigenvalue weighted by atomic mass is 32.2. The molecule has 0 aromatic rings. The van der Waals surface area contributed by atoms with Gasteiger partial charge in [0.25, 0.3) is 0 Å². The van der Waals surface area contributed by atoms with Crippen molar-refractivity contribution in [3.63, 3.8) is 0 Å². The fourth-order valence-corrected chi connectivity index (χ4v) is 6.88. The third kappa shape index (κ3) is 1.72. The summed E-state index contributed by atoms with van der Waals surface area (Å²) in [6, 6.07) is -0.547. The number of nitrogens with zero attached hydrogens (tertiary/aromatic N) is 1. The van der Waals surface area contributed by atoms with Crippen LogP contribution in [-0.2, 0) is 19.9 Å². The number of fused-ring (bicyclic) bond motifs is 1. The summed E-state index contributed by atoms with van der Waals surface area (Å²) in [5, 5.41) is -0.840. The van der Waals surface area contributed by atoms with Gasteiger partial charge < -0.3 is 4.90 Å². The van der Waals surface area contributed by atoms with Crippen LogP contribution in [0, 0.1) is 0 Å². The highest BCUT2D eigenvalue weighted by molar-refractivity contribution is 7.96. The molecule has 0 unspecified atom stereocenters. The number of thiocarbonyl (C=S) groups is 1. The molecule has 2 aliphatic rings. The average molecular weight is 270 g/mol. The maximum Gasteiger partial charge on any atom is 0.240 e. The van der Waals surface area contributed by atoms with Crippen molar-refractivity contribution in [1.29, 1.82) is 0 Å². The molecule has 6 nitrogen and oxygen atoms in total. The van der Waals surface area contributed by atoms with Crippen molar-refractivity contribution in [1.82, 2.24) is 9.62 Å². The van der Waals surface area contributed by atoms with Gasteiger partial charge in [0, 0.05) is 7.05 Å². The van der Waals surface area contributed by atoms with Gasteiger partial charge in [-0.1, -0.05) is 0 Å². The summed E-state index contributed by atoms with van der Waals surface area (Å²) < 4.78 is 48.2. The van der Waals surface area contributed by atoms with Crippen molar-refractivity contribution in [2.24, 2.45) is 0 Å². The van der Waals surface area contributed by atoms with Crippen molar-refractivity contribution in [3.05, 3.63) is 0 Å². The second kappa shape index (κ2) is 3.05. The van der Waals surface area contributed by atoms with Crippen LogP contribution in [0.5, 0.6) is 0 Å². The van der Waals surface area contributed by atoms with E-state index in [0.29, 0.717) is 0 Å². The first-order valence-electron chi connectivity index (χ1n) is 4.22. The Bertz CT molecular complexity index is 508. The number of hydrogen-bond donors (Lipinski definition) is 1. The van der Waals surface area contributed by atoms with Gasteiger partial charge in [-0.25, -0.2) is 16.8 Å².